The molecule has 0 bridgehead atoms. The molecule has 1 aromatic rings. The summed E-state index contributed by atoms with van der Waals surface area (Å²) >= 11 is 10.9. The second-order valence-electron chi connectivity index (χ2n) is 4.69. The van der Waals surface area contributed by atoms with E-state index in [1.807, 2.05) is 18.0 Å². The maximum atomic E-state index is 9.80. The van der Waals surface area contributed by atoms with Gasteiger partial charge in [-0.3, -0.25) is 0 Å². The zero-order chi connectivity index (χ0) is 13.2. The molecule has 0 amide bonds. The minimum absolute atomic E-state index is 0.296. The second-order valence-corrected chi connectivity index (χ2v) is 5.57. The van der Waals surface area contributed by atoms with Crippen LogP contribution in [-0.2, 0) is 0 Å². The molecule has 1 aromatic carbocycles. The lowest BCUT2D eigenvalue weighted by Gasteiger charge is -2.28. The topological polar surface area (TPSA) is 49.5 Å². The fourth-order valence-electron chi connectivity index (χ4n) is 1.70. The molecule has 5 heteroatoms. The zero-order valence-corrected chi connectivity index (χ0v) is 11.8. The van der Waals surface area contributed by atoms with Gasteiger partial charge in [-0.05, 0) is 32.0 Å². The number of halogens is 1. The van der Waals surface area contributed by atoms with Gasteiger partial charge in [-0.2, -0.15) is 0 Å². The van der Waals surface area contributed by atoms with E-state index in [2.05, 4.69) is 0 Å². The molecule has 0 aromatic heterocycles. The molecular formula is C12H17ClN2OS. The van der Waals surface area contributed by atoms with Gasteiger partial charge in [0.25, 0.3) is 0 Å². The van der Waals surface area contributed by atoms with Crippen LogP contribution < -0.4 is 10.6 Å². The Bertz CT molecular complexity index is 429. The average Bonchev–Trinajstić information content (AvgIpc) is 2.14. The van der Waals surface area contributed by atoms with Crippen LogP contribution in [0.15, 0.2) is 18.2 Å². The lowest BCUT2D eigenvalue weighted by molar-refractivity contribution is 0.0886. The summed E-state index contributed by atoms with van der Waals surface area (Å²) in [7, 11) is 1.88. The maximum Gasteiger partial charge on any atom is 0.106 e. The maximum absolute atomic E-state index is 9.80. The van der Waals surface area contributed by atoms with Crippen molar-refractivity contribution in [3.8, 4) is 0 Å². The van der Waals surface area contributed by atoms with Crippen LogP contribution in [0.2, 0.25) is 5.02 Å². The minimum atomic E-state index is -0.790. The largest absolute Gasteiger partial charge is 0.389 e. The van der Waals surface area contributed by atoms with E-state index in [4.69, 9.17) is 29.6 Å². The predicted molar refractivity (Wildman–Crippen MR) is 76.9 cm³/mol. The summed E-state index contributed by atoms with van der Waals surface area (Å²) in [6, 6.07) is 5.36. The summed E-state index contributed by atoms with van der Waals surface area (Å²) in [4.78, 5) is 2.20. The molecule has 3 nitrogen and oxygen atoms in total. The molecule has 0 aliphatic carbocycles. The van der Waals surface area contributed by atoms with Crippen molar-refractivity contribution in [2.45, 2.75) is 19.4 Å². The number of rotatable bonds is 4. The van der Waals surface area contributed by atoms with Crippen LogP contribution in [-0.4, -0.2) is 29.3 Å². The van der Waals surface area contributed by atoms with Crippen molar-refractivity contribution in [2.75, 3.05) is 18.5 Å². The van der Waals surface area contributed by atoms with Crippen molar-refractivity contribution < 1.29 is 5.11 Å². The molecule has 0 unspecified atom stereocenters. The monoisotopic (exact) mass is 272 g/mol. The van der Waals surface area contributed by atoms with Crippen LogP contribution in [0.4, 0.5) is 5.69 Å². The van der Waals surface area contributed by atoms with Gasteiger partial charge < -0.3 is 15.7 Å². The van der Waals surface area contributed by atoms with Crippen molar-refractivity contribution in [2.24, 2.45) is 5.73 Å². The van der Waals surface area contributed by atoms with Gasteiger partial charge in [0.15, 0.2) is 0 Å². The molecule has 0 fully saturated rings. The van der Waals surface area contributed by atoms with Crippen molar-refractivity contribution in [3.63, 3.8) is 0 Å². The van der Waals surface area contributed by atoms with E-state index < -0.39 is 5.60 Å². The molecule has 0 saturated carbocycles. The zero-order valence-electron chi connectivity index (χ0n) is 10.2. The fourth-order valence-corrected chi connectivity index (χ4v) is 2.04. The summed E-state index contributed by atoms with van der Waals surface area (Å²) in [5, 5.41) is 10.4. The number of nitrogens with zero attached hydrogens (tertiary/aromatic N) is 1. The van der Waals surface area contributed by atoms with E-state index in [1.165, 1.54) is 0 Å². The van der Waals surface area contributed by atoms with E-state index in [1.54, 1.807) is 26.0 Å². The molecular weight excluding hydrogens is 256 g/mol. The molecule has 0 heterocycles. The molecule has 0 radical (unpaired) electrons. The number of thiocarbonyl (C=S) groups is 1. The Hall–Kier alpha value is -0.840. The third-order valence-corrected chi connectivity index (χ3v) is 2.71. The van der Waals surface area contributed by atoms with Crippen molar-refractivity contribution >= 4 is 34.5 Å². The average molecular weight is 273 g/mol. The van der Waals surface area contributed by atoms with Crippen LogP contribution in [0.5, 0.6) is 0 Å². The highest BCUT2D eigenvalue weighted by atomic mass is 35.5. The van der Waals surface area contributed by atoms with Crippen molar-refractivity contribution in [1.29, 1.82) is 0 Å². The van der Waals surface area contributed by atoms with Gasteiger partial charge in [0.1, 0.15) is 4.99 Å². The third-order valence-electron chi connectivity index (χ3n) is 2.26. The van der Waals surface area contributed by atoms with E-state index in [-0.39, 0.29) is 0 Å². The molecule has 3 N–H and O–H groups in total. The van der Waals surface area contributed by atoms with Crippen LogP contribution in [0.25, 0.3) is 0 Å². The van der Waals surface area contributed by atoms with E-state index in [0.29, 0.717) is 16.6 Å². The Morgan fingerprint density at radius 1 is 1.53 bits per heavy atom. The number of aliphatic hydroxyl groups is 1. The standard InChI is InChI=1S/C12H17ClN2OS/c1-12(2,16)7-15(3)10-5-4-8(13)6-9(10)11(14)17/h4-6,16H,7H2,1-3H3,(H2,14,17). The first-order valence-electron chi connectivity index (χ1n) is 5.23. The minimum Gasteiger partial charge on any atom is -0.389 e. The lowest BCUT2D eigenvalue weighted by atomic mass is 10.1. The van der Waals surface area contributed by atoms with Gasteiger partial charge in [-0.25, -0.2) is 0 Å². The highest BCUT2D eigenvalue weighted by Gasteiger charge is 2.18. The van der Waals surface area contributed by atoms with Gasteiger partial charge in [0.2, 0.25) is 0 Å². The van der Waals surface area contributed by atoms with Crippen LogP contribution in [0.1, 0.15) is 19.4 Å². The van der Waals surface area contributed by atoms with Crippen LogP contribution in [0, 0.1) is 0 Å². The van der Waals surface area contributed by atoms with E-state index in [9.17, 15) is 5.11 Å². The number of likely N-dealkylation sites (N-methyl/N-ethyl adjacent to an activating group) is 1. The first-order valence-corrected chi connectivity index (χ1v) is 6.02. The van der Waals surface area contributed by atoms with Gasteiger partial charge >= 0.3 is 0 Å². The van der Waals surface area contributed by atoms with Crippen LogP contribution in [0.3, 0.4) is 0 Å². The van der Waals surface area contributed by atoms with Gasteiger partial charge in [-0.1, -0.05) is 23.8 Å². The molecule has 0 spiro atoms. The number of hydrogen-bond donors (Lipinski definition) is 2. The summed E-state index contributed by atoms with van der Waals surface area (Å²) in [6.45, 7) is 3.98. The normalized spacial score (nSPS) is 11.4. The predicted octanol–water partition coefficient (Wildman–Crippen LogP) is 2.18. The summed E-state index contributed by atoms with van der Waals surface area (Å²) in [5.74, 6) is 0. The van der Waals surface area contributed by atoms with Crippen molar-refractivity contribution in [1.82, 2.24) is 0 Å². The van der Waals surface area contributed by atoms with Crippen molar-refractivity contribution in [3.05, 3.63) is 28.8 Å². The number of nitrogens with two attached hydrogens (primary N) is 1. The van der Waals surface area contributed by atoms with Gasteiger partial charge in [0, 0.05) is 29.9 Å². The lowest BCUT2D eigenvalue weighted by Crippen LogP contribution is -2.37. The molecule has 0 saturated heterocycles. The van der Waals surface area contributed by atoms with Gasteiger partial charge in [0.05, 0.1) is 5.60 Å². The Labute approximate surface area is 112 Å². The molecule has 1 rings (SSSR count). The highest BCUT2D eigenvalue weighted by molar-refractivity contribution is 7.80. The highest BCUT2D eigenvalue weighted by Crippen LogP contribution is 2.24. The van der Waals surface area contributed by atoms with Crippen LogP contribution >= 0.6 is 23.8 Å². The fraction of sp³-hybridized carbons (Fsp3) is 0.417. The number of benzene rings is 1. The molecule has 94 valence electrons. The third kappa shape index (κ3) is 4.15. The number of anilines is 1. The summed E-state index contributed by atoms with van der Waals surface area (Å²) < 4.78 is 0. The van der Waals surface area contributed by atoms with E-state index >= 15 is 0 Å². The quantitative estimate of drug-likeness (QED) is 0.825. The molecule has 17 heavy (non-hydrogen) atoms. The molecule has 0 atom stereocenters. The second kappa shape index (κ2) is 5.21. The molecule has 0 aliphatic heterocycles. The SMILES string of the molecule is CN(CC(C)(C)O)c1ccc(Cl)cc1C(N)=S. The Morgan fingerprint density at radius 3 is 2.59 bits per heavy atom. The first kappa shape index (κ1) is 14.2. The smallest absolute Gasteiger partial charge is 0.106 e. The van der Waals surface area contributed by atoms with E-state index in [0.717, 1.165) is 11.3 Å². The Morgan fingerprint density at radius 2 is 2.12 bits per heavy atom. The molecule has 0 aliphatic rings. The van der Waals surface area contributed by atoms with Gasteiger partial charge in [-0.15, -0.1) is 0 Å². The first-order chi connectivity index (χ1) is 7.70. The summed E-state index contributed by atoms with van der Waals surface area (Å²) in [5.41, 5.74) is 6.47. The Balaban J connectivity index is 3.09. The number of hydrogen-bond acceptors (Lipinski definition) is 3. The summed E-state index contributed by atoms with van der Waals surface area (Å²) in [6.07, 6.45) is 0. The Kier molecular flexibility index (Phi) is 4.36.